The van der Waals surface area contributed by atoms with Crippen molar-refractivity contribution in [3.63, 3.8) is 0 Å². The van der Waals surface area contributed by atoms with Crippen LogP contribution in [0.1, 0.15) is 6.42 Å². The van der Waals surface area contributed by atoms with Gasteiger partial charge in [0.1, 0.15) is 6.61 Å². The molecule has 1 rings (SSSR count). The van der Waals surface area contributed by atoms with Crippen molar-refractivity contribution in [2.75, 3.05) is 33.9 Å². The molecule has 1 aliphatic rings. The smallest absolute Gasteiger partial charge is 0.248 e. The van der Waals surface area contributed by atoms with E-state index in [2.05, 4.69) is 5.32 Å². The Balaban J connectivity index is 2.16. The molecule has 1 N–H and O–H groups in total. The lowest BCUT2D eigenvalue weighted by Crippen LogP contribution is -2.51. The summed E-state index contributed by atoms with van der Waals surface area (Å²) in [6.07, 6.45) is 1.17. The maximum Gasteiger partial charge on any atom is 0.248 e. The fourth-order valence-electron chi connectivity index (χ4n) is 1.17. The minimum Gasteiger partial charge on any atom is -0.375 e. The van der Waals surface area contributed by atoms with Gasteiger partial charge in [0.05, 0.1) is 0 Å². The van der Waals surface area contributed by atoms with Crippen molar-refractivity contribution in [1.29, 1.82) is 0 Å². The standard InChI is InChI=1S/C8H16N2O2/c1-10(8(11)6-12-2)5-7-3-4-9-7/h7,9H,3-6H2,1-2H3. The Kier molecular flexibility index (Phi) is 3.49. The molecule has 1 amide bonds. The summed E-state index contributed by atoms with van der Waals surface area (Å²) in [5, 5.41) is 3.24. The number of rotatable bonds is 4. The SMILES string of the molecule is COCC(=O)N(C)CC1CCN1. The molecule has 1 fully saturated rings. The molecule has 0 aromatic carbocycles. The lowest BCUT2D eigenvalue weighted by atomic mass is 10.1. The summed E-state index contributed by atoms with van der Waals surface area (Å²) in [4.78, 5) is 12.9. The molecule has 1 heterocycles. The summed E-state index contributed by atoms with van der Waals surface area (Å²) < 4.78 is 4.75. The maximum atomic E-state index is 11.2. The Hall–Kier alpha value is -0.610. The van der Waals surface area contributed by atoms with Gasteiger partial charge in [-0.15, -0.1) is 0 Å². The number of carbonyl (C=O) groups excluding carboxylic acids is 1. The molecule has 1 saturated heterocycles. The monoisotopic (exact) mass is 172 g/mol. The maximum absolute atomic E-state index is 11.2. The van der Waals surface area contributed by atoms with E-state index in [-0.39, 0.29) is 12.5 Å². The van der Waals surface area contributed by atoms with Gasteiger partial charge in [-0.2, -0.15) is 0 Å². The van der Waals surface area contributed by atoms with E-state index >= 15 is 0 Å². The van der Waals surface area contributed by atoms with Gasteiger partial charge in [-0.05, 0) is 13.0 Å². The van der Waals surface area contributed by atoms with Crippen molar-refractivity contribution < 1.29 is 9.53 Å². The number of nitrogens with zero attached hydrogens (tertiary/aromatic N) is 1. The molecule has 0 aliphatic carbocycles. The number of methoxy groups -OCH3 is 1. The predicted molar refractivity (Wildman–Crippen MR) is 45.9 cm³/mol. The fraction of sp³-hybridized carbons (Fsp3) is 0.875. The van der Waals surface area contributed by atoms with Gasteiger partial charge in [-0.25, -0.2) is 0 Å². The number of carbonyl (C=O) groups is 1. The van der Waals surface area contributed by atoms with Crippen molar-refractivity contribution in [3.05, 3.63) is 0 Å². The highest BCUT2D eigenvalue weighted by atomic mass is 16.5. The van der Waals surface area contributed by atoms with Crippen molar-refractivity contribution in [2.24, 2.45) is 0 Å². The highest BCUT2D eigenvalue weighted by Crippen LogP contribution is 2.03. The van der Waals surface area contributed by atoms with Gasteiger partial charge < -0.3 is 15.0 Å². The van der Waals surface area contributed by atoms with Gasteiger partial charge in [0, 0.05) is 26.7 Å². The van der Waals surface area contributed by atoms with Gasteiger partial charge in [0.25, 0.3) is 0 Å². The van der Waals surface area contributed by atoms with Crippen molar-refractivity contribution in [1.82, 2.24) is 10.2 Å². The molecular weight excluding hydrogens is 156 g/mol. The largest absolute Gasteiger partial charge is 0.375 e. The van der Waals surface area contributed by atoms with E-state index in [1.54, 1.807) is 11.9 Å². The van der Waals surface area contributed by atoms with Crippen LogP contribution in [0.15, 0.2) is 0 Å². The van der Waals surface area contributed by atoms with E-state index in [0.29, 0.717) is 6.04 Å². The van der Waals surface area contributed by atoms with Gasteiger partial charge in [-0.1, -0.05) is 0 Å². The van der Waals surface area contributed by atoms with Gasteiger partial charge in [0.2, 0.25) is 5.91 Å². The molecule has 4 heteroatoms. The lowest BCUT2D eigenvalue weighted by Gasteiger charge is -2.31. The van der Waals surface area contributed by atoms with Gasteiger partial charge in [0.15, 0.2) is 0 Å². The number of ether oxygens (including phenoxy) is 1. The first kappa shape index (κ1) is 9.48. The van der Waals surface area contributed by atoms with E-state index in [1.165, 1.54) is 13.5 Å². The quantitative estimate of drug-likeness (QED) is 0.619. The summed E-state index contributed by atoms with van der Waals surface area (Å²) in [6, 6.07) is 0.496. The third kappa shape index (κ3) is 2.46. The van der Waals surface area contributed by atoms with Crippen LogP contribution in [-0.2, 0) is 9.53 Å². The molecule has 0 aromatic heterocycles. The Bertz CT molecular complexity index is 157. The number of hydrogen-bond donors (Lipinski definition) is 1. The zero-order valence-electron chi connectivity index (χ0n) is 7.67. The molecule has 70 valence electrons. The molecule has 0 bridgehead atoms. The zero-order chi connectivity index (χ0) is 8.97. The first-order chi connectivity index (χ1) is 5.74. The van der Waals surface area contributed by atoms with E-state index < -0.39 is 0 Å². The number of hydrogen-bond acceptors (Lipinski definition) is 3. The zero-order valence-corrected chi connectivity index (χ0v) is 7.67. The average molecular weight is 172 g/mol. The molecule has 0 aromatic rings. The fourth-order valence-corrected chi connectivity index (χ4v) is 1.17. The van der Waals surface area contributed by atoms with Crippen LogP contribution in [0.3, 0.4) is 0 Å². The summed E-state index contributed by atoms with van der Waals surface area (Å²) in [6.45, 7) is 2.06. The predicted octanol–water partition coefficient (Wildman–Crippen LogP) is -0.547. The van der Waals surface area contributed by atoms with Crippen LogP contribution in [-0.4, -0.2) is 50.7 Å². The van der Waals surface area contributed by atoms with Crippen LogP contribution in [0.4, 0.5) is 0 Å². The molecule has 0 radical (unpaired) electrons. The van der Waals surface area contributed by atoms with E-state index in [9.17, 15) is 4.79 Å². The highest BCUT2D eigenvalue weighted by Gasteiger charge is 2.20. The molecule has 4 nitrogen and oxygen atoms in total. The Morgan fingerprint density at radius 1 is 1.75 bits per heavy atom. The van der Waals surface area contributed by atoms with Crippen molar-refractivity contribution >= 4 is 5.91 Å². The minimum atomic E-state index is 0.0474. The number of likely N-dealkylation sites (N-methyl/N-ethyl adjacent to an activating group) is 1. The molecule has 1 atom stereocenters. The number of nitrogens with one attached hydrogen (secondary N) is 1. The Morgan fingerprint density at radius 2 is 2.42 bits per heavy atom. The van der Waals surface area contributed by atoms with Crippen LogP contribution >= 0.6 is 0 Å². The van der Waals surface area contributed by atoms with Crippen molar-refractivity contribution in [3.8, 4) is 0 Å². The second kappa shape index (κ2) is 4.42. The summed E-state index contributed by atoms with van der Waals surface area (Å²) in [5.41, 5.74) is 0. The summed E-state index contributed by atoms with van der Waals surface area (Å²) >= 11 is 0. The molecular formula is C8H16N2O2. The van der Waals surface area contributed by atoms with Crippen LogP contribution < -0.4 is 5.32 Å². The highest BCUT2D eigenvalue weighted by molar-refractivity contribution is 5.77. The third-order valence-electron chi connectivity index (χ3n) is 2.11. The topological polar surface area (TPSA) is 41.6 Å². The summed E-state index contributed by atoms with van der Waals surface area (Å²) in [7, 11) is 3.34. The van der Waals surface area contributed by atoms with E-state index in [1.807, 2.05) is 0 Å². The van der Waals surface area contributed by atoms with Gasteiger partial charge in [-0.3, -0.25) is 4.79 Å². The lowest BCUT2D eigenvalue weighted by molar-refractivity contribution is -0.134. The third-order valence-corrected chi connectivity index (χ3v) is 2.11. The first-order valence-corrected chi connectivity index (χ1v) is 4.20. The molecule has 0 saturated carbocycles. The van der Waals surface area contributed by atoms with Crippen LogP contribution in [0.25, 0.3) is 0 Å². The Labute approximate surface area is 72.9 Å². The van der Waals surface area contributed by atoms with E-state index in [4.69, 9.17) is 4.74 Å². The first-order valence-electron chi connectivity index (χ1n) is 4.20. The number of amides is 1. The van der Waals surface area contributed by atoms with Crippen LogP contribution in [0, 0.1) is 0 Å². The van der Waals surface area contributed by atoms with E-state index in [0.717, 1.165) is 13.1 Å². The Morgan fingerprint density at radius 3 is 2.83 bits per heavy atom. The second-order valence-corrected chi connectivity index (χ2v) is 3.15. The minimum absolute atomic E-state index is 0.0474. The van der Waals surface area contributed by atoms with Crippen molar-refractivity contribution in [2.45, 2.75) is 12.5 Å². The molecule has 0 spiro atoms. The van der Waals surface area contributed by atoms with Gasteiger partial charge >= 0.3 is 0 Å². The molecule has 12 heavy (non-hydrogen) atoms. The van der Waals surface area contributed by atoms with Crippen LogP contribution in [0.2, 0.25) is 0 Å². The van der Waals surface area contributed by atoms with Crippen LogP contribution in [0.5, 0.6) is 0 Å². The molecule has 1 unspecified atom stereocenters. The normalized spacial score (nSPS) is 21.7. The summed E-state index contributed by atoms with van der Waals surface area (Å²) in [5.74, 6) is 0.0474. The average Bonchev–Trinajstić information content (AvgIpc) is 1.97. The molecule has 1 aliphatic heterocycles. The second-order valence-electron chi connectivity index (χ2n) is 3.15.